The number of rotatable bonds is 9. The largest absolute Gasteiger partial charge is 0.350 e. The van der Waals surface area contributed by atoms with Crippen LogP contribution in [0, 0.1) is 0 Å². The number of hydrogen-bond acceptors (Lipinski definition) is 4. The van der Waals surface area contributed by atoms with E-state index in [1.165, 1.54) is 35.2 Å². The smallest absolute Gasteiger partial charge is 0.264 e. The van der Waals surface area contributed by atoms with Gasteiger partial charge in [0.15, 0.2) is 0 Å². The number of nitrogens with zero attached hydrogens (tertiary/aromatic N) is 2. The number of anilines is 1. The molecule has 0 fully saturated rings. The van der Waals surface area contributed by atoms with Crippen LogP contribution in [0.4, 0.5) is 5.69 Å². The van der Waals surface area contributed by atoms with Crippen molar-refractivity contribution in [2.45, 2.75) is 50.7 Å². The number of carbonyl (C=O) groups excluding carboxylic acids is 2. The van der Waals surface area contributed by atoms with Gasteiger partial charge in [-0.1, -0.05) is 70.7 Å². The van der Waals surface area contributed by atoms with Gasteiger partial charge in [0.05, 0.1) is 25.7 Å². The van der Waals surface area contributed by atoms with E-state index >= 15 is 0 Å². The summed E-state index contributed by atoms with van der Waals surface area (Å²) in [5.41, 5.74) is 0.0461. The van der Waals surface area contributed by atoms with Crippen molar-refractivity contribution in [2.24, 2.45) is 0 Å². The summed E-state index contributed by atoms with van der Waals surface area (Å²) in [5.74, 6) is -1.07. The average molecular weight is 645 g/mol. The third-order valence-electron chi connectivity index (χ3n) is 5.79. The molecule has 0 aliphatic carbocycles. The molecular weight excluding hydrogens is 616 g/mol. The zero-order chi connectivity index (χ0) is 29.8. The van der Waals surface area contributed by atoms with E-state index < -0.39 is 40.0 Å². The monoisotopic (exact) mass is 643 g/mol. The van der Waals surface area contributed by atoms with E-state index in [0.29, 0.717) is 10.6 Å². The van der Waals surface area contributed by atoms with Crippen molar-refractivity contribution in [1.82, 2.24) is 10.2 Å². The standard InChI is InChI=1S/C28H29Cl4N3O4S/c1-18(27(37)33-28(2,3)4)34(16-19-10-12-22(30)24(32)14-19)26(36)17-35(25-15-20(29)11-13-23(25)31)40(38,39)21-8-6-5-7-9-21/h5-15,18H,16-17H2,1-4H3,(H,33,37). The van der Waals surface area contributed by atoms with Crippen LogP contribution in [-0.4, -0.2) is 43.3 Å². The Morgan fingerprint density at radius 1 is 0.875 bits per heavy atom. The highest BCUT2D eigenvalue weighted by atomic mass is 35.5. The summed E-state index contributed by atoms with van der Waals surface area (Å²) in [6.07, 6.45) is 0. The Balaban J connectivity index is 2.08. The molecule has 40 heavy (non-hydrogen) atoms. The Morgan fingerprint density at radius 2 is 1.50 bits per heavy atom. The number of nitrogens with one attached hydrogen (secondary N) is 1. The Kier molecular flexibility index (Phi) is 10.4. The van der Waals surface area contributed by atoms with Crippen LogP contribution in [-0.2, 0) is 26.2 Å². The van der Waals surface area contributed by atoms with Gasteiger partial charge in [-0.2, -0.15) is 0 Å². The summed E-state index contributed by atoms with van der Waals surface area (Å²) in [7, 11) is -4.28. The van der Waals surface area contributed by atoms with Crippen molar-refractivity contribution in [2.75, 3.05) is 10.8 Å². The lowest BCUT2D eigenvalue weighted by molar-refractivity contribution is -0.140. The molecule has 0 saturated carbocycles. The van der Waals surface area contributed by atoms with E-state index in [-0.39, 0.29) is 32.2 Å². The molecule has 0 heterocycles. The number of benzene rings is 3. The molecular formula is C28H29Cl4N3O4S. The van der Waals surface area contributed by atoms with Crippen LogP contribution in [0.3, 0.4) is 0 Å². The molecule has 12 heteroatoms. The Hall–Kier alpha value is -2.49. The first kappa shape index (κ1) is 32.0. The lowest BCUT2D eigenvalue weighted by atomic mass is 10.1. The van der Waals surface area contributed by atoms with Gasteiger partial charge in [0.25, 0.3) is 10.0 Å². The molecule has 1 atom stereocenters. The molecule has 0 radical (unpaired) electrons. The van der Waals surface area contributed by atoms with E-state index in [0.717, 1.165) is 4.31 Å². The van der Waals surface area contributed by atoms with Crippen molar-refractivity contribution in [1.29, 1.82) is 0 Å². The minimum Gasteiger partial charge on any atom is -0.350 e. The second-order valence-corrected chi connectivity index (χ2v) is 13.6. The zero-order valence-electron chi connectivity index (χ0n) is 22.3. The van der Waals surface area contributed by atoms with E-state index in [2.05, 4.69) is 5.32 Å². The van der Waals surface area contributed by atoms with Crippen molar-refractivity contribution in [3.8, 4) is 0 Å². The van der Waals surface area contributed by atoms with Gasteiger partial charge in [0.1, 0.15) is 12.6 Å². The van der Waals surface area contributed by atoms with Gasteiger partial charge < -0.3 is 10.2 Å². The van der Waals surface area contributed by atoms with Gasteiger partial charge in [-0.25, -0.2) is 8.42 Å². The molecule has 1 N–H and O–H groups in total. The molecule has 3 rings (SSSR count). The van der Waals surface area contributed by atoms with Gasteiger partial charge in [-0.3, -0.25) is 13.9 Å². The van der Waals surface area contributed by atoms with Gasteiger partial charge in [0.2, 0.25) is 11.8 Å². The lowest BCUT2D eigenvalue weighted by Crippen LogP contribution is -2.54. The summed E-state index contributed by atoms with van der Waals surface area (Å²) < 4.78 is 28.6. The summed E-state index contributed by atoms with van der Waals surface area (Å²) in [5, 5.41) is 3.78. The highest BCUT2D eigenvalue weighted by Crippen LogP contribution is 2.33. The fraction of sp³-hybridized carbons (Fsp3) is 0.286. The summed E-state index contributed by atoms with van der Waals surface area (Å²) in [4.78, 5) is 28.4. The zero-order valence-corrected chi connectivity index (χ0v) is 26.1. The second kappa shape index (κ2) is 13.0. The van der Waals surface area contributed by atoms with E-state index in [9.17, 15) is 18.0 Å². The maximum absolute atomic E-state index is 14.0. The number of sulfonamides is 1. The van der Waals surface area contributed by atoms with Crippen LogP contribution in [0.5, 0.6) is 0 Å². The number of amides is 2. The predicted octanol–water partition coefficient (Wildman–Crippen LogP) is 6.83. The molecule has 1 unspecified atom stereocenters. The summed E-state index contributed by atoms with van der Waals surface area (Å²) in [6, 6.07) is 15.9. The molecule has 0 spiro atoms. The van der Waals surface area contributed by atoms with Crippen molar-refractivity contribution in [3.05, 3.63) is 92.4 Å². The fourth-order valence-electron chi connectivity index (χ4n) is 3.80. The Labute approximate surface area is 255 Å². The molecule has 3 aromatic rings. The first-order valence-corrected chi connectivity index (χ1v) is 15.1. The quantitative estimate of drug-likeness (QED) is 0.277. The number of hydrogen-bond donors (Lipinski definition) is 1. The first-order chi connectivity index (χ1) is 18.6. The molecule has 0 aromatic heterocycles. The third kappa shape index (κ3) is 8.04. The van der Waals surface area contributed by atoms with Gasteiger partial charge in [-0.05, 0) is 75.7 Å². The van der Waals surface area contributed by atoms with E-state index in [4.69, 9.17) is 46.4 Å². The minimum atomic E-state index is -4.28. The molecule has 3 aromatic carbocycles. The van der Waals surface area contributed by atoms with Crippen LogP contribution in [0.15, 0.2) is 71.6 Å². The van der Waals surface area contributed by atoms with E-state index in [1.807, 2.05) is 20.8 Å². The topological polar surface area (TPSA) is 86.8 Å². The molecule has 0 aliphatic rings. The van der Waals surface area contributed by atoms with Crippen LogP contribution >= 0.6 is 46.4 Å². The first-order valence-electron chi connectivity index (χ1n) is 12.2. The molecule has 0 bridgehead atoms. The maximum Gasteiger partial charge on any atom is 0.264 e. The SMILES string of the molecule is CC(C(=O)NC(C)(C)C)N(Cc1ccc(Cl)c(Cl)c1)C(=O)CN(c1cc(Cl)ccc1Cl)S(=O)(=O)c1ccccc1. The van der Waals surface area contributed by atoms with Crippen LogP contribution in [0.1, 0.15) is 33.3 Å². The van der Waals surface area contributed by atoms with E-state index in [1.54, 1.807) is 43.3 Å². The normalized spacial score (nSPS) is 12.5. The molecule has 0 saturated heterocycles. The number of halogens is 4. The predicted molar refractivity (Wildman–Crippen MR) is 162 cm³/mol. The molecule has 7 nitrogen and oxygen atoms in total. The lowest BCUT2D eigenvalue weighted by Gasteiger charge is -2.33. The summed E-state index contributed by atoms with van der Waals surface area (Å²) in [6.45, 7) is 6.32. The highest BCUT2D eigenvalue weighted by molar-refractivity contribution is 7.92. The molecule has 2 amide bonds. The summed E-state index contributed by atoms with van der Waals surface area (Å²) >= 11 is 24.9. The molecule has 214 valence electrons. The van der Waals surface area contributed by atoms with Crippen molar-refractivity contribution >= 4 is 73.9 Å². The van der Waals surface area contributed by atoms with Gasteiger partial charge in [0, 0.05) is 17.1 Å². The average Bonchev–Trinajstić information content (AvgIpc) is 2.88. The van der Waals surface area contributed by atoms with Gasteiger partial charge in [-0.15, -0.1) is 0 Å². The van der Waals surface area contributed by atoms with Crippen molar-refractivity contribution < 1.29 is 18.0 Å². The van der Waals surface area contributed by atoms with Crippen LogP contribution in [0.25, 0.3) is 0 Å². The Morgan fingerprint density at radius 3 is 2.10 bits per heavy atom. The third-order valence-corrected chi connectivity index (χ3v) is 8.86. The Bertz CT molecular complexity index is 1500. The highest BCUT2D eigenvalue weighted by Gasteiger charge is 2.34. The van der Waals surface area contributed by atoms with Gasteiger partial charge >= 0.3 is 0 Å². The van der Waals surface area contributed by atoms with Crippen molar-refractivity contribution in [3.63, 3.8) is 0 Å². The maximum atomic E-state index is 14.0. The second-order valence-electron chi connectivity index (χ2n) is 10.1. The fourth-order valence-corrected chi connectivity index (χ4v) is 6.00. The molecule has 0 aliphatic heterocycles. The van der Waals surface area contributed by atoms with Crippen LogP contribution < -0.4 is 9.62 Å². The minimum absolute atomic E-state index is 0.0210. The number of carbonyl (C=O) groups is 2. The van der Waals surface area contributed by atoms with Crippen LogP contribution in [0.2, 0.25) is 20.1 Å².